The molecule has 0 nitrogen and oxygen atoms in total. The topological polar surface area (TPSA) is 0 Å². The van der Waals surface area contributed by atoms with Gasteiger partial charge in [0, 0.05) is 0 Å². The van der Waals surface area contributed by atoms with Gasteiger partial charge in [0.2, 0.25) is 0 Å². The zero-order valence-electron chi connectivity index (χ0n) is 12.4. The van der Waals surface area contributed by atoms with Crippen molar-refractivity contribution in [3.05, 3.63) is 37.0 Å². The summed E-state index contributed by atoms with van der Waals surface area (Å²) in [5.74, 6) is 0. The number of hydrogen-bond donors (Lipinski definition) is 0. The van der Waals surface area contributed by atoms with Crippen LogP contribution in [-0.2, 0) is 0 Å². The Morgan fingerprint density at radius 3 is 1.72 bits per heavy atom. The van der Waals surface area contributed by atoms with E-state index in [4.69, 9.17) is 0 Å². The predicted octanol–water partition coefficient (Wildman–Crippen LogP) is 6.60. The highest BCUT2D eigenvalue weighted by Crippen LogP contribution is 2.08. The molecule has 0 radical (unpaired) electrons. The molecular weight excluding hydrogens is 216 g/mol. The van der Waals surface area contributed by atoms with Gasteiger partial charge in [-0.2, -0.15) is 0 Å². The summed E-state index contributed by atoms with van der Waals surface area (Å²) >= 11 is 0. The van der Waals surface area contributed by atoms with Gasteiger partial charge in [-0.1, -0.05) is 76.0 Å². The van der Waals surface area contributed by atoms with Gasteiger partial charge in [-0.25, -0.2) is 0 Å². The van der Waals surface area contributed by atoms with Crippen molar-refractivity contribution in [3.63, 3.8) is 0 Å². The Bertz CT molecular complexity index is 210. The van der Waals surface area contributed by atoms with Crippen LogP contribution in [-0.4, -0.2) is 0 Å². The Labute approximate surface area is 115 Å². The second-order valence-electron chi connectivity index (χ2n) is 4.98. The fraction of sp³-hybridized carbons (Fsp3) is 0.667. The van der Waals surface area contributed by atoms with E-state index in [1.54, 1.807) is 0 Å². The van der Waals surface area contributed by atoms with E-state index in [2.05, 4.69) is 31.7 Å². The molecule has 0 bridgehead atoms. The third-order valence-corrected chi connectivity index (χ3v) is 3.15. The van der Waals surface area contributed by atoms with Gasteiger partial charge in [0.1, 0.15) is 0 Å². The molecule has 0 atom stereocenters. The highest BCUT2D eigenvalue weighted by atomic mass is 13.9. The first-order valence-corrected chi connectivity index (χ1v) is 7.84. The van der Waals surface area contributed by atoms with Crippen LogP contribution < -0.4 is 0 Å². The van der Waals surface area contributed by atoms with Gasteiger partial charge in [-0.05, 0) is 38.5 Å². The average molecular weight is 248 g/mol. The fourth-order valence-electron chi connectivity index (χ4n) is 2.00. The standard InChI is InChI=1S/C18H32/c1-3-5-7-9-11-13-15-17-18-16-14-12-10-8-6-4-2/h3,5,7,12,14H,1,4,6,8-11,13,15-18H2,2H3. The van der Waals surface area contributed by atoms with E-state index < -0.39 is 0 Å². The molecule has 104 valence electrons. The lowest BCUT2D eigenvalue weighted by Gasteiger charge is -1.98. The van der Waals surface area contributed by atoms with Crippen molar-refractivity contribution in [1.82, 2.24) is 0 Å². The maximum absolute atomic E-state index is 3.67. The van der Waals surface area contributed by atoms with Crippen LogP contribution in [0.25, 0.3) is 0 Å². The Hall–Kier alpha value is -0.780. The van der Waals surface area contributed by atoms with E-state index in [1.807, 2.05) is 12.2 Å². The molecule has 0 saturated heterocycles. The molecule has 0 heterocycles. The van der Waals surface area contributed by atoms with Gasteiger partial charge in [0.25, 0.3) is 0 Å². The van der Waals surface area contributed by atoms with E-state index in [9.17, 15) is 0 Å². The summed E-state index contributed by atoms with van der Waals surface area (Å²) in [5.41, 5.74) is 0. The quantitative estimate of drug-likeness (QED) is 0.196. The molecule has 0 aromatic carbocycles. The van der Waals surface area contributed by atoms with Gasteiger partial charge in [-0.3, -0.25) is 0 Å². The SMILES string of the molecule is C=CC=CCCCCCCCC=CCCCCC. The van der Waals surface area contributed by atoms with Crippen LogP contribution in [0.2, 0.25) is 0 Å². The van der Waals surface area contributed by atoms with Crippen LogP contribution in [0.5, 0.6) is 0 Å². The number of hydrogen-bond acceptors (Lipinski definition) is 0. The van der Waals surface area contributed by atoms with E-state index in [-0.39, 0.29) is 0 Å². The molecule has 18 heavy (non-hydrogen) atoms. The van der Waals surface area contributed by atoms with Crippen LogP contribution in [0, 0.1) is 0 Å². The van der Waals surface area contributed by atoms with Gasteiger partial charge < -0.3 is 0 Å². The average Bonchev–Trinajstić information content (AvgIpc) is 2.39. The van der Waals surface area contributed by atoms with Crippen molar-refractivity contribution < 1.29 is 0 Å². The van der Waals surface area contributed by atoms with Gasteiger partial charge in [0.05, 0.1) is 0 Å². The molecule has 0 heteroatoms. The van der Waals surface area contributed by atoms with E-state index in [0.717, 1.165) is 0 Å². The minimum Gasteiger partial charge on any atom is -0.0991 e. The predicted molar refractivity (Wildman–Crippen MR) is 84.9 cm³/mol. The maximum Gasteiger partial charge on any atom is -0.0348 e. The highest BCUT2D eigenvalue weighted by molar-refractivity contribution is 4.96. The summed E-state index contributed by atoms with van der Waals surface area (Å²) in [6.45, 7) is 5.93. The number of allylic oxidation sites excluding steroid dienone is 5. The van der Waals surface area contributed by atoms with Crippen molar-refractivity contribution in [2.75, 3.05) is 0 Å². The van der Waals surface area contributed by atoms with Crippen molar-refractivity contribution in [2.45, 2.75) is 77.6 Å². The zero-order valence-corrected chi connectivity index (χ0v) is 12.4. The number of unbranched alkanes of at least 4 members (excludes halogenated alkanes) is 9. The van der Waals surface area contributed by atoms with Crippen LogP contribution in [0.3, 0.4) is 0 Å². The molecule has 0 fully saturated rings. The molecule has 0 unspecified atom stereocenters. The van der Waals surface area contributed by atoms with Gasteiger partial charge in [0.15, 0.2) is 0 Å². The summed E-state index contributed by atoms with van der Waals surface area (Å²) in [6, 6.07) is 0. The van der Waals surface area contributed by atoms with Crippen LogP contribution in [0.1, 0.15) is 77.6 Å². The highest BCUT2D eigenvalue weighted by Gasteiger charge is 1.88. The van der Waals surface area contributed by atoms with Gasteiger partial charge >= 0.3 is 0 Å². The Morgan fingerprint density at radius 2 is 1.17 bits per heavy atom. The second kappa shape index (κ2) is 16.2. The minimum absolute atomic E-state index is 1.21. The molecule has 0 amide bonds. The Morgan fingerprint density at radius 1 is 0.667 bits per heavy atom. The van der Waals surface area contributed by atoms with Crippen molar-refractivity contribution in [2.24, 2.45) is 0 Å². The van der Waals surface area contributed by atoms with Crippen LogP contribution in [0.4, 0.5) is 0 Å². The van der Waals surface area contributed by atoms with E-state index >= 15 is 0 Å². The monoisotopic (exact) mass is 248 g/mol. The Balaban J connectivity index is 3.06. The molecule has 0 aliphatic carbocycles. The Kier molecular flexibility index (Phi) is 15.5. The maximum atomic E-state index is 3.67. The molecule has 0 aromatic rings. The van der Waals surface area contributed by atoms with Crippen molar-refractivity contribution in [1.29, 1.82) is 0 Å². The third kappa shape index (κ3) is 15.2. The van der Waals surface area contributed by atoms with Crippen molar-refractivity contribution >= 4 is 0 Å². The van der Waals surface area contributed by atoms with E-state index in [0.29, 0.717) is 0 Å². The molecule has 0 spiro atoms. The molecule has 0 aliphatic heterocycles. The van der Waals surface area contributed by atoms with Gasteiger partial charge in [-0.15, -0.1) is 0 Å². The lowest BCUT2D eigenvalue weighted by Crippen LogP contribution is -1.78. The lowest BCUT2D eigenvalue weighted by atomic mass is 10.1. The molecule has 0 saturated carbocycles. The summed E-state index contributed by atoms with van der Waals surface area (Å²) in [5, 5.41) is 0. The first-order valence-electron chi connectivity index (χ1n) is 7.84. The molecule has 0 rings (SSSR count). The summed E-state index contributed by atoms with van der Waals surface area (Å²) in [6.07, 6.45) is 25.6. The van der Waals surface area contributed by atoms with Crippen LogP contribution >= 0.6 is 0 Å². The third-order valence-electron chi connectivity index (χ3n) is 3.15. The lowest BCUT2D eigenvalue weighted by molar-refractivity contribution is 0.621. The second-order valence-corrected chi connectivity index (χ2v) is 4.98. The fourth-order valence-corrected chi connectivity index (χ4v) is 2.00. The van der Waals surface area contributed by atoms with Crippen LogP contribution in [0.15, 0.2) is 37.0 Å². The largest absolute Gasteiger partial charge is 0.0991 e. The normalized spacial score (nSPS) is 11.6. The number of rotatable bonds is 13. The van der Waals surface area contributed by atoms with E-state index in [1.165, 1.54) is 70.6 Å². The molecule has 0 N–H and O–H groups in total. The summed E-state index contributed by atoms with van der Waals surface area (Å²) in [7, 11) is 0. The molecule has 0 aromatic heterocycles. The summed E-state index contributed by atoms with van der Waals surface area (Å²) in [4.78, 5) is 0. The first kappa shape index (κ1) is 17.2. The molecule has 0 aliphatic rings. The minimum atomic E-state index is 1.21. The first-order chi connectivity index (χ1) is 8.91. The zero-order chi connectivity index (χ0) is 13.3. The smallest absolute Gasteiger partial charge is 0.0348 e. The summed E-state index contributed by atoms with van der Waals surface area (Å²) < 4.78 is 0. The van der Waals surface area contributed by atoms with Crippen molar-refractivity contribution in [3.8, 4) is 0 Å². The molecular formula is C18H32.